The van der Waals surface area contributed by atoms with Crippen molar-refractivity contribution in [1.29, 1.82) is 0 Å². The molecule has 0 fully saturated rings. The zero-order chi connectivity index (χ0) is 33.3. The Balaban J connectivity index is 1.40. The Morgan fingerprint density at radius 3 is 2.09 bits per heavy atom. The van der Waals surface area contributed by atoms with Crippen molar-refractivity contribution in [3.8, 4) is 5.75 Å². The van der Waals surface area contributed by atoms with Crippen LogP contribution < -0.4 is 20.7 Å². The van der Waals surface area contributed by atoms with Gasteiger partial charge >= 0.3 is 5.97 Å². The zero-order valence-corrected chi connectivity index (χ0v) is 27.4. The highest BCUT2D eigenvalue weighted by atomic mass is 32.2. The van der Waals surface area contributed by atoms with Crippen LogP contribution in [0.2, 0.25) is 0 Å². The minimum Gasteiger partial charge on any atom is -0.497 e. The van der Waals surface area contributed by atoms with Gasteiger partial charge in [-0.25, -0.2) is 4.79 Å². The fraction of sp³-hybridized carbons (Fsp3) is 0.111. The van der Waals surface area contributed by atoms with Crippen molar-refractivity contribution in [1.82, 2.24) is 0 Å². The van der Waals surface area contributed by atoms with Gasteiger partial charge in [0.15, 0.2) is 0 Å². The molecule has 5 rings (SSSR count). The number of hydrogen-bond acceptors (Lipinski definition) is 8. The van der Waals surface area contributed by atoms with E-state index in [4.69, 9.17) is 9.47 Å². The normalized spacial score (nSPS) is 11.2. The monoisotopic (exact) mass is 665 g/mol. The molecule has 0 aliphatic heterocycles. The average Bonchev–Trinajstić information content (AvgIpc) is 3.42. The Morgan fingerprint density at radius 1 is 0.723 bits per heavy atom. The van der Waals surface area contributed by atoms with E-state index in [0.29, 0.717) is 28.3 Å². The van der Waals surface area contributed by atoms with Gasteiger partial charge in [0, 0.05) is 21.8 Å². The number of amides is 3. The van der Waals surface area contributed by atoms with Gasteiger partial charge in [0.05, 0.1) is 24.7 Å². The molecule has 0 aliphatic rings. The Morgan fingerprint density at radius 2 is 1.38 bits per heavy atom. The van der Waals surface area contributed by atoms with Crippen LogP contribution in [-0.2, 0) is 9.53 Å². The first-order valence-electron chi connectivity index (χ1n) is 14.4. The second kappa shape index (κ2) is 15.3. The van der Waals surface area contributed by atoms with E-state index in [-0.39, 0.29) is 21.3 Å². The summed E-state index contributed by atoms with van der Waals surface area (Å²) in [5.74, 6) is -1.23. The van der Waals surface area contributed by atoms with E-state index in [1.807, 2.05) is 42.5 Å². The third kappa shape index (κ3) is 8.07. The van der Waals surface area contributed by atoms with E-state index in [2.05, 4.69) is 16.0 Å². The highest BCUT2D eigenvalue weighted by Gasteiger charge is 2.29. The van der Waals surface area contributed by atoms with Crippen LogP contribution in [-0.4, -0.2) is 37.9 Å². The molecule has 4 aromatic carbocycles. The molecule has 1 heterocycles. The molecule has 0 saturated heterocycles. The number of rotatable bonds is 11. The number of esters is 1. The van der Waals surface area contributed by atoms with Gasteiger partial charge in [0.1, 0.15) is 16.0 Å². The van der Waals surface area contributed by atoms with Gasteiger partial charge in [-0.3, -0.25) is 14.4 Å². The predicted octanol–water partition coefficient (Wildman–Crippen LogP) is 7.83. The van der Waals surface area contributed by atoms with Crippen LogP contribution in [0.5, 0.6) is 5.75 Å². The van der Waals surface area contributed by atoms with Gasteiger partial charge in [-0.05, 0) is 66.6 Å². The number of anilines is 3. The first-order valence-corrected chi connectivity index (χ1v) is 16.1. The molecule has 0 bridgehead atoms. The largest absolute Gasteiger partial charge is 0.497 e. The summed E-state index contributed by atoms with van der Waals surface area (Å²) in [5, 5.41) is 8.08. The second-order valence-corrected chi connectivity index (χ2v) is 12.4. The molecule has 0 aliphatic carbocycles. The summed E-state index contributed by atoms with van der Waals surface area (Å²) in [6.07, 6.45) is 0. The van der Waals surface area contributed by atoms with Crippen LogP contribution in [0, 0.1) is 6.92 Å². The number of hydrogen-bond donors (Lipinski definition) is 3. The third-order valence-corrected chi connectivity index (χ3v) is 9.48. The van der Waals surface area contributed by atoms with Gasteiger partial charge in [0.2, 0.25) is 5.91 Å². The summed E-state index contributed by atoms with van der Waals surface area (Å²) in [6.45, 7) is 1.65. The molecule has 1 atom stereocenters. The van der Waals surface area contributed by atoms with E-state index in [1.54, 1.807) is 73.7 Å². The number of ether oxygens (including phenoxy) is 2. The summed E-state index contributed by atoms with van der Waals surface area (Å²) in [7, 11) is 2.78. The fourth-order valence-electron chi connectivity index (χ4n) is 4.70. The molecule has 3 amide bonds. The molecule has 11 heteroatoms. The van der Waals surface area contributed by atoms with Crippen molar-refractivity contribution in [2.45, 2.75) is 17.1 Å². The minimum absolute atomic E-state index is 0.114. The van der Waals surface area contributed by atoms with Crippen LogP contribution in [0.25, 0.3) is 0 Å². The molecule has 0 spiro atoms. The van der Waals surface area contributed by atoms with E-state index in [9.17, 15) is 19.2 Å². The van der Waals surface area contributed by atoms with E-state index in [1.165, 1.54) is 26.0 Å². The number of benzene rings is 4. The smallest absolute Gasteiger partial charge is 0.341 e. The zero-order valence-electron chi connectivity index (χ0n) is 25.7. The maximum atomic E-state index is 14.0. The molecular formula is C36H31N3O6S2. The lowest BCUT2D eigenvalue weighted by Crippen LogP contribution is -2.20. The Kier molecular flexibility index (Phi) is 10.7. The second-order valence-electron chi connectivity index (χ2n) is 10.2. The number of nitrogens with one attached hydrogen (secondary N) is 3. The molecule has 5 aromatic rings. The van der Waals surface area contributed by atoms with Gasteiger partial charge < -0.3 is 25.4 Å². The van der Waals surface area contributed by atoms with Crippen LogP contribution in [0.3, 0.4) is 0 Å². The molecule has 9 nitrogen and oxygen atoms in total. The average molecular weight is 666 g/mol. The molecule has 1 unspecified atom stereocenters. The quantitative estimate of drug-likeness (QED) is 0.0971. The van der Waals surface area contributed by atoms with Crippen molar-refractivity contribution in [3.63, 3.8) is 0 Å². The summed E-state index contributed by atoms with van der Waals surface area (Å²) >= 11 is 2.28. The topological polar surface area (TPSA) is 123 Å². The number of methoxy groups -OCH3 is 2. The summed E-state index contributed by atoms with van der Waals surface area (Å²) in [6, 6.07) is 32.2. The van der Waals surface area contributed by atoms with E-state index in [0.717, 1.165) is 21.8 Å². The van der Waals surface area contributed by atoms with Crippen molar-refractivity contribution in [3.05, 3.63) is 136 Å². The molecule has 3 N–H and O–H groups in total. The van der Waals surface area contributed by atoms with Gasteiger partial charge in [-0.15, -0.1) is 23.1 Å². The number of thiophene rings is 1. The van der Waals surface area contributed by atoms with Crippen molar-refractivity contribution >= 4 is 63.2 Å². The van der Waals surface area contributed by atoms with E-state index < -0.39 is 23.0 Å². The van der Waals surface area contributed by atoms with Crippen LogP contribution in [0.1, 0.15) is 46.8 Å². The van der Waals surface area contributed by atoms with Gasteiger partial charge in [-0.2, -0.15) is 0 Å². The standard InChI is InChI=1S/C36H31N3O6S2/c1-22-29(36(43)45-3)35(47-30(22)33(41)37-25-15-8-5-9-16-25)39-34(42)31(23-12-6-4-7-13-23)46-28-19-11-17-26(21-28)38-32(40)24-14-10-18-27(20-24)44-2/h4-21,31H,1-3H3,(H,37,41)(H,38,40)(H,39,42). The van der Waals surface area contributed by atoms with Gasteiger partial charge in [0.25, 0.3) is 11.8 Å². The SMILES string of the molecule is COC(=O)c1c(NC(=O)C(Sc2cccc(NC(=O)c3cccc(OC)c3)c2)c2ccccc2)sc(C(=O)Nc2ccccc2)c1C. The first-order chi connectivity index (χ1) is 22.8. The molecule has 0 saturated carbocycles. The van der Waals surface area contributed by atoms with Crippen LogP contribution >= 0.6 is 23.1 Å². The number of para-hydroxylation sites is 1. The lowest BCUT2D eigenvalue weighted by molar-refractivity contribution is -0.115. The number of carbonyl (C=O) groups is 4. The molecule has 238 valence electrons. The molecule has 47 heavy (non-hydrogen) atoms. The molecule has 1 aromatic heterocycles. The Hall–Kier alpha value is -5.39. The maximum Gasteiger partial charge on any atom is 0.341 e. The Bertz CT molecular complexity index is 1910. The summed E-state index contributed by atoms with van der Waals surface area (Å²) in [5.41, 5.74) is 2.81. The Labute approximate surface area is 280 Å². The third-order valence-electron chi connectivity index (χ3n) is 7.03. The van der Waals surface area contributed by atoms with Crippen molar-refractivity contribution in [2.24, 2.45) is 0 Å². The van der Waals surface area contributed by atoms with Crippen LogP contribution in [0.4, 0.5) is 16.4 Å². The summed E-state index contributed by atoms with van der Waals surface area (Å²) < 4.78 is 10.2. The fourth-order valence-corrected chi connectivity index (χ4v) is 6.88. The first kappa shape index (κ1) is 33.0. The lowest BCUT2D eigenvalue weighted by Gasteiger charge is -2.18. The minimum atomic E-state index is -0.755. The highest BCUT2D eigenvalue weighted by Crippen LogP contribution is 2.40. The van der Waals surface area contributed by atoms with Crippen LogP contribution in [0.15, 0.2) is 114 Å². The molecular weight excluding hydrogens is 635 g/mol. The lowest BCUT2D eigenvalue weighted by atomic mass is 10.1. The molecule has 0 radical (unpaired) electrons. The van der Waals surface area contributed by atoms with E-state index >= 15 is 0 Å². The number of thioether (sulfide) groups is 1. The van der Waals surface area contributed by atoms with Crippen molar-refractivity contribution < 1.29 is 28.7 Å². The maximum absolute atomic E-state index is 14.0. The highest BCUT2D eigenvalue weighted by molar-refractivity contribution is 8.00. The predicted molar refractivity (Wildman–Crippen MR) is 186 cm³/mol. The van der Waals surface area contributed by atoms with Gasteiger partial charge in [-0.1, -0.05) is 60.7 Å². The summed E-state index contributed by atoms with van der Waals surface area (Å²) in [4.78, 5) is 54.0. The van der Waals surface area contributed by atoms with Crippen molar-refractivity contribution in [2.75, 3.05) is 30.2 Å². The number of carbonyl (C=O) groups excluding carboxylic acids is 4.